The smallest absolute Gasteiger partial charge is 0.332 e. The molecule has 0 unspecified atom stereocenters. The van der Waals surface area contributed by atoms with E-state index in [4.69, 9.17) is 0 Å². The number of aromatic nitrogens is 2. The molecule has 1 aliphatic rings. The highest BCUT2D eigenvalue weighted by atomic mass is 16.2. The van der Waals surface area contributed by atoms with Gasteiger partial charge >= 0.3 is 5.69 Å². The van der Waals surface area contributed by atoms with Gasteiger partial charge in [-0.25, -0.2) is 4.79 Å². The Labute approximate surface area is 111 Å². The van der Waals surface area contributed by atoms with Gasteiger partial charge in [-0.05, 0) is 25.7 Å². The van der Waals surface area contributed by atoms with Crippen molar-refractivity contribution >= 4 is 5.82 Å². The van der Waals surface area contributed by atoms with E-state index in [9.17, 15) is 14.9 Å². The SMILES string of the molecule is CCN(CC1CC1)c1c(C#N)c(=O)n(C)c(=O)n1C. The highest BCUT2D eigenvalue weighted by Crippen LogP contribution is 2.31. The zero-order chi connectivity index (χ0) is 14.2. The molecule has 0 aliphatic heterocycles. The lowest BCUT2D eigenvalue weighted by Crippen LogP contribution is -2.43. The first kappa shape index (κ1) is 13.4. The molecule has 1 fully saturated rings. The number of hydrogen-bond acceptors (Lipinski definition) is 4. The molecule has 1 aliphatic carbocycles. The molecule has 6 nitrogen and oxygen atoms in total. The third-order valence-corrected chi connectivity index (χ3v) is 3.60. The Hall–Kier alpha value is -2.03. The van der Waals surface area contributed by atoms with Crippen molar-refractivity contribution in [3.63, 3.8) is 0 Å². The number of hydrogen-bond donors (Lipinski definition) is 0. The molecule has 0 N–H and O–H groups in total. The lowest BCUT2D eigenvalue weighted by Gasteiger charge is -2.26. The first-order chi connectivity index (χ1) is 9.01. The van der Waals surface area contributed by atoms with E-state index in [1.165, 1.54) is 24.5 Å². The van der Waals surface area contributed by atoms with Crippen molar-refractivity contribution in [1.29, 1.82) is 5.26 Å². The minimum atomic E-state index is -0.519. The van der Waals surface area contributed by atoms with Crippen molar-refractivity contribution in [3.05, 3.63) is 26.4 Å². The van der Waals surface area contributed by atoms with Crippen LogP contribution in [0.3, 0.4) is 0 Å². The van der Waals surface area contributed by atoms with Crippen molar-refractivity contribution in [2.75, 3.05) is 18.0 Å². The van der Waals surface area contributed by atoms with Crippen molar-refractivity contribution < 1.29 is 0 Å². The standard InChI is InChI=1S/C13H18N4O2/c1-4-17(8-9-5-6-9)11-10(7-14)12(18)16(3)13(19)15(11)2/h9H,4-6,8H2,1-3H3. The van der Waals surface area contributed by atoms with E-state index in [0.717, 1.165) is 11.1 Å². The predicted octanol–water partition coefficient (Wildman–Crippen LogP) is 0.192. The quantitative estimate of drug-likeness (QED) is 0.776. The summed E-state index contributed by atoms with van der Waals surface area (Å²) in [6.45, 7) is 3.43. The molecule has 0 radical (unpaired) electrons. The zero-order valence-electron chi connectivity index (χ0n) is 11.5. The number of rotatable bonds is 4. The van der Waals surface area contributed by atoms with Crippen LogP contribution in [0.15, 0.2) is 9.59 Å². The van der Waals surface area contributed by atoms with E-state index in [1.807, 2.05) is 17.9 Å². The highest BCUT2D eigenvalue weighted by molar-refractivity contribution is 5.53. The molecule has 0 atom stereocenters. The molecular weight excluding hydrogens is 244 g/mol. The summed E-state index contributed by atoms with van der Waals surface area (Å²) in [7, 11) is 3.00. The predicted molar refractivity (Wildman–Crippen MR) is 72.3 cm³/mol. The number of anilines is 1. The third kappa shape index (κ3) is 2.28. The fraction of sp³-hybridized carbons (Fsp3) is 0.615. The van der Waals surface area contributed by atoms with E-state index in [0.29, 0.717) is 18.3 Å². The summed E-state index contributed by atoms with van der Waals surface area (Å²) in [6, 6.07) is 1.95. The molecule has 0 saturated heterocycles. The monoisotopic (exact) mass is 262 g/mol. The minimum absolute atomic E-state index is 0.0482. The first-order valence-electron chi connectivity index (χ1n) is 6.46. The molecule has 19 heavy (non-hydrogen) atoms. The normalized spacial score (nSPS) is 14.2. The Morgan fingerprint density at radius 1 is 1.32 bits per heavy atom. The fourth-order valence-corrected chi connectivity index (χ4v) is 2.28. The van der Waals surface area contributed by atoms with Gasteiger partial charge in [0.25, 0.3) is 5.56 Å². The molecule has 0 amide bonds. The molecular formula is C13H18N4O2. The molecule has 0 spiro atoms. The van der Waals surface area contributed by atoms with Crippen molar-refractivity contribution in [2.24, 2.45) is 20.0 Å². The highest BCUT2D eigenvalue weighted by Gasteiger charge is 2.27. The lowest BCUT2D eigenvalue weighted by atomic mass is 10.2. The van der Waals surface area contributed by atoms with Crippen LogP contribution in [-0.4, -0.2) is 22.2 Å². The first-order valence-corrected chi connectivity index (χ1v) is 6.46. The summed E-state index contributed by atoms with van der Waals surface area (Å²) in [6.07, 6.45) is 2.36. The molecule has 2 rings (SSSR count). The van der Waals surface area contributed by atoms with E-state index < -0.39 is 11.2 Å². The molecule has 6 heteroatoms. The van der Waals surface area contributed by atoms with Crippen LogP contribution in [-0.2, 0) is 14.1 Å². The molecule has 1 aromatic heterocycles. The topological polar surface area (TPSA) is 71.0 Å². The summed E-state index contributed by atoms with van der Waals surface area (Å²) in [5.74, 6) is 1.07. The van der Waals surface area contributed by atoms with Crippen molar-refractivity contribution in [1.82, 2.24) is 9.13 Å². The summed E-state index contributed by atoms with van der Waals surface area (Å²) in [5.41, 5.74) is -0.866. The van der Waals surface area contributed by atoms with Gasteiger partial charge in [-0.2, -0.15) is 5.26 Å². The Balaban J connectivity index is 2.63. The minimum Gasteiger partial charge on any atom is -0.357 e. The van der Waals surface area contributed by atoms with Crippen LogP contribution in [0.4, 0.5) is 5.82 Å². The van der Waals surface area contributed by atoms with Gasteiger partial charge in [0.2, 0.25) is 0 Å². The maximum Gasteiger partial charge on any atom is 0.332 e. The molecule has 102 valence electrons. The van der Waals surface area contributed by atoms with E-state index in [-0.39, 0.29) is 5.56 Å². The molecule has 1 saturated carbocycles. The Morgan fingerprint density at radius 2 is 1.95 bits per heavy atom. The van der Waals surface area contributed by atoms with Crippen LogP contribution in [0.1, 0.15) is 25.3 Å². The van der Waals surface area contributed by atoms with Gasteiger partial charge in [0, 0.05) is 27.2 Å². The fourth-order valence-electron chi connectivity index (χ4n) is 2.28. The molecule has 1 aromatic rings. The third-order valence-electron chi connectivity index (χ3n) is 3.60. The van der Waals surface area contributed by atoms with Crippen molar-refractivity contribution in [3.8, 4) is 6.07 Å². The van der Waals surface area contributed by atoms with E-state index in [2.05, 4.69) is 0 Å². The van der Waals surface area contributed by atoms with Crippen LogP contribution >= 0.6 is 0 Å². The van der Waals surface area contributed by atoms with Gasteiger partial charge in [0.15, 0.2) is 5.56 Å². The van der Waals surface area contributed by atoms with E-state index >= 15 is 0 Å². The summed E-state index contributed by atoms with van der Waals surface area (Å²) in [5, 5.41) is 9.23. The molecule has 1 heterocycles. The second-order valence-electron chi connectivity index (χ2n) is 5.00. The number of nitrogens with zero attached hydrogens (tertiary/aromatic N) is 4. The van der Waals surface area contributed by atoms with Gasteiger partial charge < -0.3 is 4.90 Å². The second kappa shape index (κ2) is 4.92. The summed E-state index contributed by atoms with van der Waals surface area (Å²) in [4.78, 5) is 26.0. The Morgan fingerprint density at radius 3 is 2.42 bits per heavy atom. The van der Waals surface area contributed by atoms with Crippen LogP contribution in [0.2, 0.25) is 0 Å². The van der Waals surface area contributed by atoms with Crippen molar-refractivity contribution in [2.45, 2.75) is 19.8 Å². The van der Waals surface area contributed by atoms with Gasteiger partial charge in [-0.1, -0.05) is 0 Å². The summed E-state index contributed by atoms with van der Waals surface area (Å²) < 4.78 is 2.37. The summed E-state index contributed by atoms with van der Waals surface area (Å²) >= 11 is 0. The Kier molecular flexibility index (Phi) is 3.47. The van der Waals surface area contributed by atoms with Gasteiger partial charge in [-0.15, -0.1) is 0 Å². The second-order valence-corrected chi connectivity index (χ2v) is 5.00. The average molecular weight is 262 g/mol. The maximum atomic E-state index is 12.0. The van der Waals surface area contributed by atoms with Crippen LogP contribution in [0.25, 0.3) is 0 Å². The molecule has 0 bridgehead atoms. The molecule has 0 aromatic carbocycles. The largest absolute Gasteiger partial charge is 0.357 e. The van der Waals surface area contributed by atoms with Crippen LogP contribution in [0, 0.1) is 17.2 Å². The van der Waals surface area contributed by atoms with Gasteiger partial charge in [-0.3, -0.25) is 13.9 Å². The zero-order valence-corrected chi connectivity index (χ0v) is 11.5. The number of nitriles is 1. The lowest BCUT2D eigenvalue weighted by molar-refractivity contribution is 0.643. The van der Waals surface area contributed by atoms with Gasteiger partial charge in [0.05, 0.1) is 0 Å². The Bertz CT molecular complexity index is 646. The average Bonchev–Trinajstić information content (AvgIpc) is 3.22. The van der Waals surface area contributed by atoms with E-state index in [1.54, 1.807) is 7.05 Å². The van der Waals surface area contributed by atoms with Gasteiger partial charge in [0.1, 0.15) is 11.9 Å². The van der Waals surface area contributed by atoms with Crippen LogP contribution < -0.4 is 16.1 Å². The maximum absolute atomic E-state index is 12.0. The van der Waals surface area contributed by atoms with Crippen LogP contribution in [0.5, 0.6) is 0 Å².